The van der Waals surface area contributed by atoms with Crippen LogP contribution in [0.4, 0.5) is 5.82 Å². The van der Waals surface area contributed by atoms with Crippen molar-refractivity contribution in [2.45, 2.75) is 39.7 Å². The minimum absolute atomic E-state index is 0. The molecule has 2 aromatic rings. The number of fused-ring (bicyclic) bond motifs is 1. The van der Waals surface area contributed by atoms with Crippen molar-refractivity contribution in [2.75, 3.05) is 5.32 Å². The summed E-state index contributed by atoms with van der Waals surface area (Å²) < 4.78 is 0. The van der Waals surface area contributed by atoms with E-state index in [-0.39, 0.29) is 2.85 Å². The van der Waals surface area contributed by atoms with Crippen molar-refractivity contribution in [2.24, 2.45) is 0 Å². The summed E-state index contributed by atoms with van der Waals surface area (Å²) >= 11 is 5.23. The number of rotatable bonds is 3. The molecule has 1 aromatic carbocycles. The fourth-order valence-corrected chi connectivity index (χ4v) is 2.33. The number of nitrogens with zero attached hydrogens (tertiary/aromatic N) is 1. The lowest BCUT2D eigenvalue weighted by atomic mass is 10.0. The molecule has 1 heterocycles. The molecule has 0 radical (unpaired) electrons. The lowest BCUT2D eigenvalue weighted by Crippen LogP contribution is -2.34. The minimum atomic E-state index is 0. The highest BCUT2D eigenvalue weighted by Crippen LogP contribution is 2.21. The first kappa shape index (κ1) is 14.7. The molecule has 4 heteroatoms. The second-order valence-electron chi connectivity index (χ2n) is 5.56. The summed E-state index contributed by atoms with van der Waals surface area (Å²) in [5.74, 6) is 1.30. The summed E-state index contributed by atoms with van der Waals surface area (Å²) in [7, 11) is 0. The Morgan fingerprint density at radius 1 is 1.15 bits per heavy atom. The van der Waals surface area contributed by atoms with Gasteiger partial charge in [-0.2, -0.15) is 0 Å². The van der Waals surface area contributed by atoms with E-state index in [0.29, 0.717) is 17.1 Å². The van der Waals surface area contributed by atoms with Crippen molar-refractivity contribution in [1.82, 2.24) is 10.3 Å². The normalized spacial score (nSPS) is 11.1. The molecule has 20 heavy (non-hydrogen) atoms. The molecule has 0 saturated carbocycles. The molecule has 0 spiro atoms. The van der Waals surface area contributed by atoms with Crippen LogP contribution in [0.25, 0.3) is 10.9 Å². The predicted octanol–water partition coefficient (Wildman–Crippen LogP) is 4.55. The van der Waals surface area contributed by atoms with Crippen LogP contribution in [0.5, 0.6) is 0 Å². The van der Waals surface area contributed by atoms with E-state index in [9.17, 15) is 0 Å². The largest absolute Gasteiger partial charge is 0.360 e. The van der Waals surface area contributed by atoms with E-state index < -0.39 is 0 Å². The first-order valence-corrected chi connectivity index (χ1v) is 7.35. The quantitative estimate of drug-likeness (QED) is 0.814. The van der Waals surface area contributed by atoms with Crippen LogP contribution < -0.4 is 10.6 Å². The smallest absolute Gasteiger partial charge is 0.172 e. The molecule has 0 saturated heterocycles. The topological polar surface area (TPSA) is 37.0 Å². The number of hydrogen-bond donors (Lipinski definition) is 2. The Morgan fingerprint density at radius 2 is 1.90 bits per heavy atom. The average Bonchev–Trinajstić information content (AvgIpc) is 2.36. The van der Waals surface area contributed by atoms with E-state index in [1.54, 1.807) is 0 Å². The van der Waals surface area contributed by atoms with E-state index in [2.05, 4.69) is 67.6 Å². The van der Waals surface area contributed by atoms with Gasteiger partial charge in [-0.25, -0.2) is 4.98 Å². The molecule has 0 amide bonds. The summed E-state index contributed by atoms with van der Waals surface area (Å²) in [6, 6.07) is 10.7. The van der Waals surface area contributed by atoms with Gasteiger partial charge in [0.1, 0.15) is 5.82 Å². The van der Waals surface area contributed by atoms with Crippen LogP contribution in [0.1, 0.15) is 42.0 Å². The lowest BCUT2D eigenvalue weighted by molar-refractivity contribution is 0.739. The second kappa shape index (κ2) is 6.18. The maximum atomic E-state index is 5.23. The Labute approximate surface area is 128 Å². The van der Waals surface area contributed by atoms with Crippen molar-refractivity contribution in [3.8, 4) is 0 Å². The Kier molecular flexibility index (Phi) is 4.55. The van der Waals surface area contributed by atoms with Crippen LogP contribution in [0.3, 0.4) is 0 Å². The van der Waals surface area contributed by atoms with Crippen molar-refractivity contribution in [1.29, 1.82) is 0 Å². The molecule has 0 unspecified atom stereocenters. The lowest BCUT2D eigenvalue weighted by Gasteiger charge is -2.13. The zero-order chi connectivity index (χ0) is 14.7. The zero-order valence-corrected chi connectivity index (χ0v) is 13.2. The van der Waals surface area contributed by atoms with E-state index in [1.165, 1.54) is 5.56 Å². The fourth-order valence-electron chi connectivity index (χ4n) is 1.99. The molecule has 2 rings (SSSR count). The van der Waals surface area contributed by atoms with Crippen LogP contribution in [0, 0.1) is 0 Å². The van der Waals surface area contributed by atoms with E-state index in [1.807, 2.05) is 6.07 Å². The van der Waals surface area contributed by atoms with Crippen LogP contribution >= 0.6 is 12.2 Å². The zero-order valence-electron chi connectivity index (χ0n) is 12.4. The molecule has 0 fully saturated rings. The predicted molar refractivity (Wildman–Crippen MR) is 94.6 cm³/mol. The van der Waals surface area contributed by atoms with Gasteiger partial charge >= 0.3 is 0 Å². The molecule has 0 bridgehead atoms. The van der Waals surface area contributed by atoms with Gasteiger partial charge in [-0.15, -0.1) is 0 Å². The molecule has 0 aliphatic heterocycles. The Bertz CT molecular complexity index is 630. The minimum Gasteiger partial charge on any atom is -0.360 e. The second-order valence-corrected chi connectivity index (χ2v) is 5.96. The van der Waals surface area contributed by atoms with Gasteiger partial charge < -0.3 is 10.6 Å². The van der Waals surface area contributed by atoms with Gasteiger partial charge in [-0.1, -0.05) is 19.9 Å². The molecule has 3 nitrogen and oxygen atoms in total. The van der Waals surface area contributed by atoms with Gasteiger partial charge in [0.2, 0.25) is 0 Å². The third-order valence-electron chi connectivity index (χ3n) is 3.04. The summed E-state index contributed by atoms with van der Waals surface area (Å²) in [6.45, 7) is 8.49. The number of benzene rings is 1. The Balaban J connectivity index is 0.00000220. The van der Waals surface area contributed by atoms with Crippen molar-refractivity contribution in [3.63, 3.8) is 0 Å². The number of aromatic nitrogens is 1. The fraction of sp³-hybridized carbons (Fsp3) is 0.375. The van der Waals surface area contributed by atoms with Crippen LogP contribution in [0.2, 0.25) is 0 Å². The van der Waals surface area contributed by atoms with Gasteiger partial charge in [0.05, 0.1) is 5.52 Å². The van der Waals surface area contributed by atoms with E-state index in [4.69, 9.17) is 12.2 Å². The Hall–Kier alpha value is -1.68. The van der Waals surface area contributed by atoms with Crippen molar-refractivity contribution >= 4 is 34.1 Å². The summed E-state index contributed by atoms with van der Waals surface area (Å²) in [4.78, 5) is 4.58. The number of thiocarbonyl (C=S) groups is 1. The first-order chi connectivity index (χ1) is 9.45. The third-order valence-corrected chi connectivity index (χ3v) is 3.26. The van der Waals surface area contributed by atoms with Gasteiger partial charge in [0.15, 0.2) is 5.11 Å². The average molecular weight is 291 g/mol. The highest BCUT2D eigenvalue weighted by atomic mass is 32.1. The third kappa shape index (κ3) is 3.67. The number of anilines is 1. The van der Waals surface area contributed by atoms with Crippen molar-refractivity contribution < 1.29 is 2.85 Å². The van der Waals surface area contributed by atoms with E-state index >= 15 is 0 Å². The van der Waals surface area contributed by atoms with Gasteiger partial charge in [-0.05, 0) is 61.8 Å². The van der Waals surface area contributed by atoms with Crippen LogP contribution in [-0.4, -0.2) is 16.1 Å². The summed E-state index contributed by atoms with van der Waals surface area (Å²) in [5.41, 5.74) is 2.31. The molecule has 110 valence electrons. The molecule has 2 N–H and O–H groups in total. The molecule has 0 aliphatic carbocycles. The summed E-state index contributed by atoms with van der Waals surface area (Å²) in [6.07, 6.45) is 0. The van der Waals surface area contributed by atoms with Crippen LogP contribution in [0.15, 0.2) is 30.3 Å². The molecule has 0 atom stereocenters. The number of hydrogen-bond acceptors (Lipinski definition) is 2. The molecule has 1 aromatic heterocycles. The van der Waals surface area contributed by atoms with Gasteiger partial charge in [0, 0.05) is 14.3 Å². The molecular formula is C16H25N3S. The Morgan fingerprint density at radius 3 is 2.55 bits per heavy atom. The number of pyridine rings is 1. The monoisotopic (exact) mass is 291 g/mol. The van der Waals surface area contributed by atoms with Gasteiger partial charge in [0.25, 0.3) is 0 Å². The van der Waals surface area contributed by atoms with E-state index in [0.717, 1.165) is 16.7 Å². The highest BCUT2D eigenvalue weighted by molar-refractivity contribution is 7.80. The maximum Gasteiger partial charge on any atom is 0.172 e. The summed E-state index contributed by atoms with van der Waals surface area (Å²) in [5, 5.41) is 8.02. The maximum absolute atomic E-state index is 5.23. The van der Waals surface area contributed by atoms with Crippen LogP contribution in [-0.2, 0) is 0 Å². The molecular weight excluding hydrogens is 266 g/mol. The standard InChI is InChI=1S/C16H21N3S.2H2/c1-10(2)12-5-7-14-13(9-12)6-8-15(18-14)19-16(20)17-11(3)4;;/h5-11H,1-4H3,(H2,17,18,19,20);2*1H. The molecule has 0 aliphatic rings. The van der Waals surface area contributed by atoms with Gasteiger partial charge in [-0.3, -0.25) is 0 Å². The first-order valence-electron chi connectivity index (χ1n) is 6.94. The van der Waals surface area contributed by atoms with Crippen molar-refractivity contribution in [3.05, 3.63) is 35.9 Å². The number of nitrogens with one attached hydrogen (secondary N) is 2. The highest BCUT2D eigenvalue weighted by Gasteiger charge is 2.04. The SMILES string of the molecule is CC(C)NC(=S)Nc1ccc2cc(C(C)C)ccc2n1.[HH].[HH].